The van der Waals surface area contributed by atoms with Crippen LogP contribution in [0.4, 0.5) is 0 Å². The minimum absolute atomic E-state index is 0.132. The molecular weight excluding hydrogens is 425 g/mol. The Morgan fingerprint density at radius 1 is 0.938 bits per heavy atom. The molecule has 0 bridgehead atoms. The molecule has 6 nitrogen and oxygen atoms in total. The van der Waals surface area contributed by atoms with Gasteiger partial charge in [-0.05, 0) is 37.7 Å². The summed E-state index contributed by atoms with van der Waals surface area (Å²) in [5, 5.41) is 2.83. The zero-order valence-electron chi connectivity index (χ0n) is 19.6. The van der Waals surface area contributed by atoms with Gasteiger partial charge in [0, 0.05) is 6.42 Å². The van der Waals surface area contributed by atoms with Crippen molar-refractivity contribution in [3.05, 3.63) is 48.0 Å². The summed E-state index contributed by atoms with van der Waals surface area (Å²) in [5.41, 5.74) is 0.752. The normalized spacial score (nSPS) is 12.8. The molecule has 0 fully saturated rings. The van der Waals surface area contributed by atoms with Crippen molar-refractivity contribution in [2.24, 2.45) is 0 Å². The van der Waals surface area contributed by atoms with Gasteiger partial charge in [0.2, 0.25) is 5.91 Å². The van der Waals surface area contributed by atoms with Crippen LogP contribution in [0.2, 0.25) is 0 Å². The van der Waals surface area contributed by atoms with Crippen LogP contribution in [0, 0.1) is 0 Å². The fourth-order valence-electron chi connectivity index (χ4n) is 3.52. The standard InChI is InChI=1S/C25H42NO5P/c1-2-3-4-5-6-7-8-9-10-11-12-13-14-18-21-25(27)26-24(22-31-32(28,29)30)23-19-16-15-17-20-23/h9-10,15-17,19-20,24H,2-8,11-14,18,21-22H2,1H3,(H,26,27)(H2,28,29,30)/b10-9-/t24-/m1/s1. The summed E-state index contributed by atoms with van der Waals surface area (Å²) in [4.78, 5) is 30.2. The van der Waals surface area contributed by atoms with Crippen molar-refractivity contribution < 1.29 is 23.7 Å². The lowest BCUT2D eigenvalue weighted by molar-refractivity contribution is -0.122. The first-order valence-electron chi connectivity index (χ1n) is 12.1. The van der Waals surface area contributed by atoms with Crippen molar-refractivity contribution in [3.8, 4) is 0 Å². The topological polar surface area (TPSA) is 95.9 Å². The Morgan fingerprint density at radius 3 is 2.09 bits per heavy atom. The number of benzene rings is 1. The van der Waals surface area contributed by atoms with Crippen molar-refractivity contribution in [2.45, 2.75) is 96.4 Å². The van der Waals surface area contributed by atoms with Crippen LogP contribution in [0.3, 0.4) is 0 Å². The highest BCUT2D eigenvalue weighted by Gasteiger charge is 2.20. The Balaban J connectivity index is 2.14. The lowest BCUT2D eigenvalue weighted by Gasteiger charge is -2.19. The Kier molecular flexibility index (Phi) is 16.1. The molecule has 0 aromatic heterocycles. The fraction of sp³-hybridized carbons (Fsp3) is 0.640. The number of hydrogen-bond donors (Lipinski definition) is 3. The molecule has 3 N–H and O–H groups in total. The van der Waals surface area contributed by atoms with Gasteiger partial charge >= 0.3 is 7.82 Å². The van der Waals surface area contributed by atoms with Gasteiger partial charge in [-0.3, -0.25) is 9.32 Å². The number of amides is 1. The van der Waals surface area contributed by atoms with E-state index in [0.717, 1.165) is 37.7 Å². The van der Waals surface area contributed by atoms with Crippen molar-refractivity contribution in [2.75, 3.05) is 6.61 Å². The van der Waals surface area contributed by atoms with Gasteiger partial charge in [0.1, 0.15) is 0 Å². The number of carbonyl (C=O) groups is 1. The van der Waals surface area contributed by atoms with Crippen molar-refractivity contribution in [1.29, 1.82) is 0 Å². The number of phosphoric ester groups is 1. The minimum Gasteiger partial charge on any atom is -0.347 e. The quantitative estimate of drug-likeness (QED) is 0.121. The van der Waals surface area contributed by atoms with Gasteiger partial charge in [-0.25, -0.2) is 4.57 Å². The Morgan fingerprint density at radius 2 is 1.50 bits per heavy atom. The van der Waals surface area contributed by atoms with E-state index >= 15 is 0 Å². The van der Waals surface area contributed by atoms with E-state index in [1.165, 1.54) is 44.9 Å². The number of allylic oxidation sites excluding steroid dienone is 2. The highest BCUT2D eigenvalue weighted by molar-refractivity contribution is 7.46. The number of carbonyl (C=O) groups excluding carboxylic acids is 1. The maximum absolute atomic E-state index is 12.3. The Bertz CT molecular complexity index is 674. The van der Waals surface area contributed by atoms with Crippen LogP contribution < -0.4 is 5.32 Å². The SMILES string of the molecule is CCCCCCCC/C=C\CCCCCCC(=O)N[C@H](COP(=O)(O)O)c1ccccc1. The maximum atomic E-state index is 12.3. The molecule has 0 heterocycles. The molecular formula is C25H42NO5P. The Hall–Kier alpha value is -1.46. The molecule has 182 valence electrons. The summed E-state index contributed by atoms with van der Waals surface area (Å²) in [6, 6.07) is 8.48. The van der Waals surface area contributed by atoms with Gasteiger partial charge in [-0.1, -0.05) is 94.4 Å². The van der Waals surface area contributed by atoms with E-state index in [1.807, 2.05) is 18.2 Å². The molecule has 0 unspecified atom stereocenters. The second-order valence-electron chi connectivity index (χ2n) is 8.30. The number of rotatable bonds is 19. The molecule has 1 amide bonds. The molecule has 32 heavy (non-hydrogen) atoms. The Labute approximate surface area is 194 Å². The lowest BCUT2D eigenvalue weighted by Crippen LogP contribution is -2.31. The molecule has 1 aromatic rings. The zero-order chi connectivity index (χ0) is 23.5. The highest BCUT2D eigenvalue weighted by atomic mass is 31.2. The first-order chi connectivity index (χ1) is 15.4. The smallest absolute Gasteiger partial charge is 0.347 e. The van der Waals surface area contributed by atoms with E-state index in [4.69, 9.17) is 9.79 Å². The van der Waals surface area contributed by atoms with Gasteiger partial charge in [0.15, 0.2) is 0 Å². The summed E-state index contributed by atoms with van der Waals surface area (Å²) in [6.07, 6.45) is 19.3. The van der Waals surface area contributed by atoms with Crippen LogP contribution >= 0.6 is 7.82 Å². The molecule has 0 saturated carbocycles. The van der Waals surface area contributed by atoms with Crippen LogP contribution in [0.15, 0.2) is 42.5 Å². The number of unbranched alkanes of at least 4 members (excludes halogenated alkanes) is 10. The van der Waals surface area contributed by atoms with E-state index in [-0.39, 0.29) is 12.5 Å². The van der Waals surface area contributed by atoms with E-state index in [1.54, 1.807) is 12.1 Å². The highest BCUT2D eigenvalue weighted by Crippen LogP contribution is 2.37. The molecule has 1 aromatic carbocycles. The third-order valence-electron chi connectivity index (χ3n) is 5.36. The van der Waals surface area contributed by atoms with Crippen molar-refractivity contribution >= 4 is 13.7 Å². The predicted molar refractivity (Wildman–Crippen MR) is 130 cm³/mol. The minimum atomic E-state index is -4.59. The van der Waals surface area contributed by atoms with E-state index < -0.39 is 13.9 Å². The zero-order valence-corrected chi connectivity index (χ0v) is 20.5. The van der Waals surface area contributed by atoms with Crippen LogP contribution in [-0.4, -0.2) is 22.3 Å². The molecule has 0 saturated heterocycles. The second-order valence-corrected chi connectivity index (χ2v) is 9.54. The lowest BCUT2D eigenvalue weighted by atomic mass is 10.1. The molecule has 1 atom stereocenters. The molecule has 7 heteroatoms. The molecule has 0 spiro atoms. The first-order valence-corrected chi connectivity index (χ1v) is 13.6. The van der Waals surface area contributed by atoms with Crippen LogP contribution in [0.1, 0.15) is 102 Å². The molecule has 0 radical (unpaired) electrons. The molecule has 0 aliphatic heterocycles. The number of phosphoric acid groups is 1. The monoisotopic (exact) mass is 467 g/mol. The van der Waals surface area contributed by atoms with Gasteiger partial charge in [0.25, 0.3) is 0 Å². The van der Waals surface area contributed by atoms with Gasteiger partial charge in [0.05, 0.1) is 12.6 Å². The van der Waals surface area contributed by atoms with Crippen LogP contribution in [-0.2, 0) is 13.9 Å². The van der Waals surface area contributed by atoms with Crippen molar-refractivity contribution in [3.63, 3.8) is 0 Å². The van der Waals surface area contributed by atoms with E-state index in [2.05, 4.69) is 28.9 Å². The largest absolute Gasteiger partial charge is 0.469 e. The maximum Gasteiger partial charge on any atom is 0.469 e. The van der Waals surface area contributed by atoms with Crippen molar-refractivity contribution in [1.82, 2.24) is 5.32 Å². The average molecular weight is 468 g/mol. The summed E-state index contributed by atoms with van der Waals surface area (Å²) in [6.45, 7) is 1.97. The number of hydrogen-bond acceptors (Lipinski definition) is 3. The van der Waals surface area contributed by atoms with Crippen LogP contribution in [0.25, 0.3) is 0 Å². The second kappa shape index (κ2) is 18.0. The molecule has 0 aliphatic rings. The summed E-state index contributed by atoms with van der Waals surface area (Å²) in [7, 11) is -4.59. The van der Waals surface area contributed by atoms with Crippen LogP contribution in [0.5, 0.6) is 0 Å². The predicted octanol–water partition coefficient (Wildman–Crippen LogP) is 6.60. The van der Waals surface area contributed by atoms with Gasteiger partial charge < -0.3 is 15.1 Å². The van der Waals surface area contributed by atoms with E-state index in [0.29, 0.717) is 6.42 Å². The summed E-state index contributed by atoms with van der Waals surface area (Å²) >= 11 is 0. The molecule has 0 aliphatic carbocycles. The number of nitrogens with one attached hydrogen (secondary N) is 1. The third-order valence-corrected chi connectivity index (χ3v) is 5.85. The van der Waals surface area contributed by atoms with Gasteiger partial charge in [-0.15, -0.1) is 0 Å². The van der Waals surface area contributed by atoms with E-state index in [9.17, 15) is 9.36 Å². The first kappa shape index (κ1) is 28.6. The molecule has 1 rings (SSSR count). The third kappa shape index (κ3) is 16.2. The van der Waals surface area contributed by atoms with Gasteiger partial charge in [-0.2, -0.15) is 0 Å². The summed E-state index contributed by atoms with van der Waals surface area (Å²) in [5.74, 6) is -0.132. The average Bonchev–Trinajstić information content (AvgIpc) is 2.77. The summed E-state index contributed by atoms with van der Waals surface area (Å²) < 4.78 is 15.6. The fourth-order valence-corrected chi connectivity index (χ4v) is 3.87.